The van der Waals surface area contributed by atoms with E-state index in [2.05, 4.69) is 10.3 Å². The Labute approximate surface area is 126 Å². The molecule has 0 aliphatic rings. The molecular formula is C14H12Cl2N2O2. The van der Waals surface area contributed by atoms with Crippen molar-refractivity contribution >= 4 is 34.8 Å². The summed E-state index contributed by atoms with van der Waals surface area (Å²) < 4.78 is 5.52. The zero-order chi connectivity index (χ0) is 14.5. The summed E-state index contributed by atoms with van der Waals surface area (Å²) in [5, 5.41) is 3.59. The Kier molecular flexibility index (Phi) is 4.82. The van der Waals surface area contributed by atoms with Gasteiger partial charge in [-0.05, 0) is 37.3 Å². The van der Waals surface area contributed by atoms with E-state index >= 15 is 0 Å². The molecule has 1 heterocycles. The molecule has 0 aliphatic heterocycles. The molecule has 1 atom stereocenters. The molecule has 2 aromatic rings. The van der Waals surface area contributed by atoms with Gasteiger partial charge in [-0.1, -0.05) is 23.2 Å². The van der Waals surface area contributed by atoms with Gasteiger partial charge in [-0.25, -0.2) is 0 Å². The predicted molar refractivity (Wildman–Crippen MR) is 79.4 cm³/mol. The van der Waals surface area contributed by atoms with E-state index in [1.807, 2.05) is 0 Å². The van der Waals surface area contributed by atoms with Crippen LogP contribution in [-0.2, 0) is 4.79 Å². The zero-order valence-electron chi connectivity index (χ0n) is 10.6. The lowest BCUT2D eigenvalue weighted by Crippen LogP contribution is -2.30. The third-order valence-corrected chi connectivity index (χ3v) is 3.05. The number of rotatable bonds is 4. The van der Waals surface area contributed by atoms with Crippen molar-refractivity contribution in [3.05, 3.63) is 52.8 Å². The highest BCUT2D eigenvalue weighted by Crippen LogP contribution is 2.28. The Morgan fingerprint density at radius 2 is 1.95 bits per heavy atom. The Balaban J connectivity index is 2.00. The average Bonchev–Trinajstić information content (AvgIpc) is 2.43. The van der Waals surface area contributed by atoms with E-state index in [1.54, 1.807) is 49.6 Å². The number of amides is 1. The largest absolute Gasteiger partial charge is 0.479 e. The molecule has 0 spiro atoms. The zero-order valence-corrected chi connectivity index (χ0v) is 12.2. The number of pyridine rings is 1. The molecule has 0 bridgehead atoms. The van der Waals surface area contributed by atoms with Crippen LogP contribution in [0.1, 0.15) is 6.92 Å². The first-order valence-electron chi connectivity index (χ1n) is 5.89. The molecule has 0 saturated carbocycles. The molecule has 1 aromatic heterocycles. The Morgan fingerprint density at radius 1 is 1.25 bits per heavy atom. The highest BCUT2D eigenvalue weighted by molar-refractivity contribution is 6.35. The topological polar surface area (TPSA) is 51.2 Å². The minimum atomic E-state index is -0.693. The summed E-state index contributed by atoms with van der Waals surface area (Å²) in [4.78, 5) is 15.8. The van der Waals surface area contributed by atoms with Crippen LogP contribution in [0.2, 0.25) is 10.0 Å². The van der Waals surface area contributed by atoms with Gasteiger partial charge in [0.25, 0.3) is 5.91 Å². The normalized spacial score (nSPS) is 11.8. The summed E-state index contributed by atoms with van der Waals surface area (Å²) >= 11 is 11.8. The van der Waals surface area contributed by atoms with E-state index in [0.717, 1.165) is 0 Å². The summed E-state index contributed by atoms with van der Waals surface area (Å²) in [6.45, 7) is 1.64. The van der Waals surface area contributed by atoms with Crippen molar-refractivity contribution in [2.45, 2.75) is 13.0 Å². The fraction of sp³-hybridized carbons (Fsp3) is 0.143. The fourth-order valence-corrected chi connectivity index (χ4v) is 1.95. The molecule has 1 aromatic carbocycles. The van der Waals surface area contributed by atoms with Crippen molar-refractivity contribution in [2.75, 3.05) is 5.32 Å². The predicted octanol–water partition coefficient (Wildman–Crippen LogP) is 3.79. The van der Waals surface area contributed by atoms with Crippen LogP contribution in [0.4, 0.5) is 5.69 Å². The smallest absolute Gasteiger partial charge is 0.265 e. The SMILES string of the molecule is C[C@H](Oc1ccc(Cl)cc1Cl)C(=O)Nc1ccncc1. The van der Waals surface area contributed by atoms with Gasteiger partial charge in [-0.3, -0.25) is 9.78 Å². The summed E-state index contributed by atoms with van der Waals surface area (Å²) in [6.07, 6.45) is 2.50. The van der Waals surface area contributed by atoms with Crippen LogP contribution >= 0.6 is 23.2 Å². The Hall–Kier alpha value is -1.78. The van der Waals surface area contributed by atoms with Gasteiger partial charge in [0.05, 0.1) is 5.02 Å². The van der Waals surface area contributed by atoms with Gasteiger partial charge in [-0.2, -0.15) is 0 Å². The van der Waals surface area contributed by atoms with E-state index < -0.39 is 6.10 Å². The number of anilines is 1. The number of nitrogens with zero attached hydrogens (tertiary/aromatic N) is 1. The minimum absolute atomic E-state index is 0.276. The van der Waals surface area contributed by atoms with Crippen LogP contribution in [0.25, 0.3) is 0 Å². The Bertz CT molecular complexity index is 605. The molecule has 0 fully saturated rings. The molecule has 0 radical (unpaired) electrons. The lowest BCUT2D eigenvalue weighted by atomic mass is 10.3. The highest BCUT2D eigenvalue weighted by atomic mass is 35.5. The van der Waals surface area contributed by atoms with Gasteiger partial charge in [0.1, 0.15) is 5.75 Å². The van der Waals surface area contributed by atoms with Gasteiger partial charge in [0.15, 0.2) is 6.10 Å². The van der Waals surface area contributed by atoms with Crippen molar-refractivity contribution in [3.63, 3.8) is 0 Å². The summed E-state index contributed by atoms with van der Waals surface area (Å²) in [6, 6.07) is 8.23. The Morgan fingerprint density at radius 3 is 2.60 bits per heavy atom. The summed E-state index contributed by atoms with van der Waals surface area (Å²) in [7, 11) is 0. The number of benzene rings is 1. The maximum Gasteiger partial charge on any atom is 0.265 e. The first-order chi connectivity index (χ1) is 9.56. The molecule has 0 aliphatic carbocycles. The maximum absolute atomic E-state index is 12.0. The monoisotopic (exact) mass is 310 g/mol. The number of nitrogens with one attached hydrogen (secondary N) is 1. The number of carbonyl (C=O) groups is 1. The molecule has 4 nitrogen and oxygen atoms in total. The molecule has 1 amide bonds. The highest BCUT2D eigenvalue weighted by Gasteiger charge is 2.16. The average molecular weight is 311 g/mol. The van der Waals surface area contributed by atoms with Crippen LogP contribution in [-0.4, -0.2) is 17.0 Å². The molecule has 20 heavy (non-hydrogen) atoms. The second-order valence-electron chi connectivity index (χ2n) is 4.06. The number of carbonyl (C=O) groups excluding carboxylic acids is 1. The second kappa shape index (κ2) is 6.59. The van der Waals surface area contributed by atoms with Crippen LogP contribution in [0.5, 0.6) is 5.75 Å². The van der Waals surface area contributed by atoms with Gasteiger partial charge in [-0.15, -0.1) is 0 Å². The van der Waals surface area contributed by atoms with Gasteiger partial charge < -0.3 is 10.1 Å². The quantitative estimate of drug-likeness (QED) is 0.934. The minimum Gasteiger partial charge on any atom is -0.479 e. The molecule has 6 heteroatoms. The first-order valence-corrected chi connectivity index (χ1v) is 6.64. The fourth-order valence-electron chi connectivity index (χ4n) is 1.49. The van der Waals surface area contributed by atoms with Crippen molar-refractivity contribution in [1.29, 1.82) is 0 Å². The number of ether oxygens (including phenoxy) is 1. The van der Waals surface area contributed by atoms with Crippen molar-refractivity contribution in [2.24, 2.45) is 0 Å². The van der Waals surface area contributed by atoms with Crippen LogP contribution in [0.3, 0.4) is 0 Å². The third kappa shape index (κ3) is 3.85. The van der Waals surface area contributed by atoms with Crippen molar-refractivity contribution < 1.29 is 9.53 Å². The number of halogens is 2. The van der Waals surface area contributed by atoms with Gasteiger partial charge in [0.2, 0.25) is 0 Å². The van der Waals surface area contributed by atoms with Gasteiger partial charge in [0, 0.05) is 23.1 Å². The van der Waals surface area contributed by atoms with Crippen LogP contribution in [0, 0.1) is 0 Å². The van der Waals surface area contributed by atoms with Crippen LogP contribution in [0.15, 0.2) is 42.7 Å². The van der Waals surface area contributed by atoms with E-state index in [9.17, 15) is 4.79 Å². The molecule has 0 unspecified atom stereocenters. The molecular weight excluding hydrogens is 299 g/mol. The van der Waals surface area contributed by atoms with E-state index in [-0.39, 0.29) is 5.91 Å². The second-order valence-corrected chi connectivity index (χ2v) is 4.90. The molecule has 0 saturated heterocycles. The standard InChI is InChI=1S/C14H12Cl2N2O2/c1-9(14(19)18-11-4-6-17-7-5-11)20-13-3-2-10(15)8-12(13)16/h2-9H,1H3,(H,17,18,19)/t9-/m0/s1. The summed E-state index contributed by atoms with van der Waals surface area (Å²) in [5.74, 6) is 0.135. The molecule has 1 N–H and O–H groups in total. The number of hydrogen-bond donors (Lipinski definition) is 1. The lowest BCUT2D eigenvalue weighted by Gasteiger charge is -2.15. The van der Waals surface area contributed by atoms with Crippen molar-refractivity contribution in [3.8, 4) is 5.75 Å². The lowest BCUT2D eigenvalue weighted by molar-refractivity contribution is -0.122. The van der Waals surface area contributed by atoms with Gasteiger partial charge >= 0.3 is 0 Å². The molecule has 104 valence electrons. The first kappa shape index (κ1) is 14.6. The third-order valence-electron chi connectivity index (χ3n) is 2.51. The molecule has 2 rings (SSSR count). The van der Waals surface area contributed by atoms with E-state index in [0.29, 0.717) is 21.5 Å². The van der Waals surface area contributed by atoms with E-state index in [1.165, 1.54) is 0 Å². The van der Waals surface area contributed by atoms with E-state index in [4.69, 9.17) is 27.9 Å². The van der Waals surface area contributed by atoms with Crippen molar-refractivity contribution in [1.82, 2.24) is 4.98 Å². The number of aromatic nitrogens is 1. The summed E-state index contributed by atoms with van der Waals surface area (Å²) in [5.41, 5.74) is 0.655. The number of hydrogen-bond acceptors (Lipinski definition) is 3. The van der Waals surface area contributed by atoms with Crippen LogP contribution < -0.4 is 10.1 Å². The maximum atomic E-state index is 12.0.